The van der Waals surface area contributed by atoms with Crippen LogP contribution in [0.15, 0.2) is 34.9 Å². The standard InChI is InChI=1S/C14H14BrClN2O/c1-9-3-4-13(11(15)5-9)19-14-12(16)6-10(7-17-2)8-18-14/h3-6,8,17H,7H2,1-2H3. The predicted molar refractivity (Wildman–Crippen MR) is 81.0 cm³/mol. The second kappa shape index (κ2) is 6.37. The number of rotatable bonds is 4. The smallest absolute Gasteiger partial charge is 0.238 e. The topological polar surface area (TPSA) is 34.2 Å². The highest BCUT2D eigenvalue weighted by atomic mass is 79.9. The van der Waals surface area contributed by atoms with E-state index in [4.69, 9.17) is 16.3 Å². The second-order valence-electron chi connectivity index (χ2n) is 4.20. The zero-order chi connectivity index (χ0) is 13.8. The van der Waals surface area contributed by atoms with Crippen molar-refractivity contribution in [1.29, 1.82) is 0 Å². The molecule has 1 heterocycles. The summed E-state index contributed by atoms with van der Waals surface area (Å²) in [5.41, 5.74) is 2.17. The first-order chi connectivity index (χ1) is 9.10. The Morgan fingerprint density at radius 1 is 1.37 bits per heavy atom. The van der Waals surface area contributed by atoms with Crippen molar-refractivity contribution in [2.45, 2.75) is 13.5 Å². The van der Waals surface area contributed by atoms with E-state index in [2.05, 4.69) is 26.2 Å². The van der Waals surface area contributed by atoms with E-state index in [0.29, 0.717) is 16.7 Å². The molecule has 0 aliphatic rings. The second-order valence-corrected chi connectivity index (χ2v) is 5.46. The first-order valence-corrected chi connectivity index (χ1v) is 7.00. The molecule has 0 saturated heterocycles. The van der Waals surface area contributed by atoms with Gasteiger partial charge in [0.15, 0.2) is 0 Å². The van der Waals surface area contributed by atoms with Gasteiger partial charge in [0.1, 0.15) is 10.8 Å². The Hall–Kier alpha value is -1.10. The van der Waals surface area contributed by atoms with Crippen LogP contribution in [0.1, 0.15) is 11.1 Å². The Balaban J connectivity index is 2.23. The largest absolute Gasteiger partial charge is 0.436 e. The van der Waals surface area contributed by atoms with Crippen LogP contribution in [0.25, 0.3) is 0 Å². The van der Waals surface area contributed by atoms with Crippen molar-refractivity contribution in [1.82, 2.24) is 10.3 Å². The van der Waals surface area contributed by atoms with Crippen molar-refractivity contribution in [3.63, 3.8) is 0 Å². The van der Waals surface area contributed by atoms with E-state index in [1.54, 1.807) is 6.20 Å². The van der Waals surface area contributed by atoms with E-state index >= 15 is 0 Å². The molecule has 0 radical (unpaired) electrons. The highest BCUT2D eigenvalue weighted by Gasteiger charge is 2.08. The molecule has 19 heavy (non-hydrogen) atoms. The molecule has 0 unspecified atom stereocenters. The zero-order valence-corrected chi connectivity index (χ0v) is 13.0. The highest BCUT2D eigenvalue weighted by Crippen LogP contribution is 2.33. The number of aryl methyl sites for hydroxylation is 1. The molecule has 0 aliphatic heterocycles. The van der Waals surface area contributed by atoms with E-state index in [0.717, 1.165) is 22.1 Å². The van der Waals surface area contributed by atoms with Crippen LogP contribution in [-0.4, -0.2) is 12.0 Å². The fraction of sp³-hybridized carbons (Fsp3) is 0.214. The summed E-state index contributed by atoms with van der Waals surface area (Å²) in [5.74, 6) is 1.10. The number of aromatic nitrogens is 1. The van der Waals surface area contributed by atoms with Crippen molar-refractivity contribution in [3.8, 4) is 11.6 Å². The normalized spacial score (nSPS) is 10.5. The van der Waals surface area contributed by atoms with Gasteiger partial charge >= 0.3 is 0 Å². The third-order valence-corrected chi connectivity index (χ3v) is 3.43. The third kappa shape index (κ3) is 3.69. The number of halogens is 2. The van der Waals surface area contributed by atoms with Crippen LogP contribution in [0.4, 0.5) is 0 Å². The van der Waals surface area contributed by atoms with E-state index in [1.807, 2.05) is 38.2 Å². The van der Waals surface area contributed by atoms with Crippen LogP contribution in [0.3, 0.4) is 0 Å². The maximum atomic E-state index is 6.17. The first kappa shape index (κ1) is 14.3. The van der Waals surface area contributed by atoms with Gasteiger partial charge in [-0.2, -0.15) is 0 Å². The number of ether oxygens (including phenoxy) is 1. The molecule has 1 aromatic carbocycles. The maximum absolute atomic E-state index is 6.17. The molecular formula is C14H14BrClN2O. The van der Waals surface area contributed by atoms with Crippen LogP contribution in [0.5, 0.6) is 11.6 Å². The van der Waals surface area contributed by atoms with Gasteiger partial charge in [-0.3, -0.25) is 0 Å². The van der Waals surface area contributed by atoms with Gasteiger partial charge in [-0.15, -0.1) is 0 Å². The van der Waals surface area contributed by atoms with Crippen LogP contribution in [-0.2, 0) is 6.54 Å². The number of hydrogen-bond acceptors (Lipinski definition) is 3. The summed E-state index contributed by atoms with van der Waals surface area (Å²) in [6, 6.07) is 7.70. The molecule has 0 saturated carbocycles. The van der Waals surface area contributed by atoms with E-state index in [1.165, 1.54) is 0 Å². The molecule has 0 fully saturated rings. The Bertz CT molecular complexity index is 590. The lowest BCUT2D eigenvalue weighted by molar-refractivity contribution is 0.459. The minimum absolute atomic E-state index is 0.408. The monoisotopic (exact) mass is 340 g/mol. The molecule has 0 aliphatic carbocycles. The lowest BCUT2D eigenvalue weighted by Gasteiger charge is -2.10. The molecular weight excluding hydrogens is 328 g/mol. The van der Waals surface area contributed by atoms with Gasteiger partial charge in [-0.1, -0.05) is 17.7 Å². The van der Waals surface area contributed by atoms with Crippen molar-refractivity contribution in [3.05, 3.63) is 51.1 Å². The van der Waals surface area contributed by atoms with E-state index < -0.39 is 0 Å². The van der Waals surface area contributed by atoms with Crippen molar-refractivity contribution >= 4 is 27.5 Å². The van der Waals surface area contributed by atoms with Gasteiger partial charge in [0, 0.05) is 12.7 Å². The average molecular weight is 342 g/mol. The molecule has 0 spiro atoms. The fourth-order valence-electron chi connectivity index (χ4n) is 1.63. The van der Waals surface area contributed by atoms with Crippen LogP contribution < -0.4 is 10.1 Å². The third-order valence-electron chi connectivity index (χ3n) is 2.54. The van der Waals surface area contributed by atoms with Gasteiger partial charge in [0.25, 0.3) is 0 Å². The fourth-order valence-corrected chi connectivity index (χ4v) is 2.44. The summed E-state index contributed by atoms with van der Waals surface area (Å²) in [6.07, 6.45) is 1.75. The number of benzene rings is 1. The van der Waals surface area contributed by atoms with Crippen LogP contribution >= 0.6 is 27.5 Å². The Morgan fingerprint density at radius 2 is 2.16 bits per heavy atom. The molecule has 2 rings (SSSR count). The molecule has 0 bridgehead atoms. The first-order valence-electron chi connectivity index (χ1n) is 5.83. The Kier molecular flexibility index (Phi) is 4.80. The molecule has 100 valence electrons. The molecule has 1 N–H and O–H groups in total. The van der Waals surface area contributed by atoms with E-state index in [9.17, 15) is 0 Å². The maximum Gasteiger partial charge on any atom is 0.238 e. The molecule has 5 heteroatoms. The van der Waals surface area contributed by atoms with Gasteiger partial charge in [-0.25, -0.2) is 4.98 Å². The van der Waals surface area contributed by atoms with Crippen molar-refractivity contribution in [2.24, 2.45) is 0 Å². The quantitative estimate of drug-likeness (QED) is 0.899. The minimum atomic E-state index is 0.408. The summed E-state index contributed by atoms with van der Waals surface area (Å²) >= 11 is 9.63. The highest BCUT2D eigenvalue weighted by molar-refractivity contribution is 9.10. The lowest BCUT2D eigenvalue weighted by atomic mass is 10.2. The Labute approximate surface area is 126 Å². The number of hydrogen-bond donors (Lipinski definition) is 1. The van der Waals surface area contributed by atoms with Crippen molar-refractivity contribution < 1.29 is 4.74 Å². The van der Waals surface area contributed by atoms with Gasteiger partial charge < -0.3 is 10.1 Å². The van der Waals surface area contributed by atoms with Gasteiger partial charge in [0.2, 0.25) is 5.88 Å². The summed E-state index contributed by atoms with van der Waals surface area (Å²) in [7, 11) is 1.88. The van der Waals surface area contributed by atoms with Gasteiger partial charge in [0.05, 0.1) is 4.47 Å². The average Bonchev–Trinajstić information content (AvgIpc) is 2.36. The molecule has 0 atom stereocenters. The van der Waals surface area contributed by atoms with Crippen molar-refractivity contribution in [2.75, 3.05) is 7.05 Å². The summed E-state index contributed by atoms with van der Waals surface area (Å²) < 4.78 is 6.60. The minimum Gasteiger partial charge on any atom is -0.436 e. The predicted octanol–water partition coefficient (Wildman–Crippen LogP) is 4.32. The summed E-state index contributed by atoms with van der Waals surface area (Å²) in [4.78, 5) is 4.24. The molecule has 3 nitrogen and oxygen atoms in total. The number of nitrogens with zero attached hydrogens (tertiary/aromatic N) is 1. The molecule has 1 aromatic heterocycles. The van der Waals surface area contributed by atoms with Gasteiger partial charge in [-0.05, 0) is 59.2 Å². The van der Waals surface area contributed by atoms with E-state index in [-0.39, 0.29) is 0 Å². The number of nitrogens with one attached hydrogen (secondary N) is 1. The molecule has 0 amide bonds. The summed E-state index contributed by atoms with van der Waals surface area (Å²) in [5, 5.41) is 3.55. The summed E-state index contributed by atoms with van der Waals surface area (Å²) in [6.45, 7) is 2.74. The number of pyridine rings is 1. The molecule has 2 aromatic rings. The Morgan fingerprint density at radius 3 is 2.79 bits per heavy atom. The SMILES string of the molecule is CNCc1cnc(Oc2ccc(C)cc2Br)c(Cl)c1. The zero-order valence-electron chi connectivity index (χ0n) is 10.7. The lowest BCUT2D eigenvalue weighted by Crippen LogP contribution is -2.05. The van der Waals surface area contributed by atoms with Crippen LogP contribution in [0, 0.1) is 6.92 Å². The van der Waals surface area contributed by atoms with Crippen LogP contribution in [0.2, 0.25) is 5.02 Å².